The molecular formula is C17H24N2O3S. The lowest BCUT2D eigenvalue weighted by Crippen LogP contribution is -2.36. The lowest BCUT2D eigenvalue weighted by molar-refractivity contribution is -0.130. The Morgan fingerprint density at radius 3 is 2.74 bits per heavy atom. The van der Waals surface area contributed by atoms with Gasteiger partial charge in [0, 0.05) is 24.6 Å². The number of carbonyl (C=O) groups is 2. The Labute approximate surface area is 141 Å². The first kappa shape index (κ1) is 17.7. The molecule has 23 heavy (non-hydrogen) atoms. The van der Waals surface area contributed by atoms with E-state index in [4.69, 9.17) is 4.74 Å². The van der Waals surface area contributed by atoms with Gasteiger partial charge in [0.1, 0.15) is 11.1 Å². The van der Waals surface area contributed by atoms with Crippen LogP contribution in [0.3, 0.4) is 0 Å². The maximum Gasteiger partial charge on any atom is 0.236 e. The summed E-state index contributed by atoms with van der Waals surface area (Å²) in [6, 6.07) is 7.83. The van der Waals surface area contributed by atoms with Crippen LogP contribution in [0.1, 0.15) is 38.1 Å². The molecule has 2 amide bonds. The number of para-hydroxylation sites is 1. The SMILES string of the molecule is COc1ccccc1[C@H]1S[C@@H](C)C(=O)N1CCC(=O)NC(C)C. The second-order valence-corrected chi connectivity index (χ2v) is 7.30. The van der Waals surface area contributed by atoms with E-state index in [0.29, 0.717) is 13.0 Å². The molecule has 1 saturated heterocycles. The van der Waals surface area contributed by atoms with Gasteiger partial charge in [0.2, 0.25) is 11.8 Å². The molecule has 126 valence electrons. The third-order valence-electron chi connectivity index (χ3n) is 3.68. The lowest BCUT2D eigenvalue weighted by Gasteiger charge is -2.25. The van der Waals surface area contributed by atoms with Crippen LogP contribution in [0.5, 0.6) is 5.75 Å². The molecule has 1 fully saturated rings. The summed E-state index contributed by atoms with van der Waals surface area (Å²) in [6.45, 7) is 6.17. The number of rotatable bonds is 6. The van der Waals surface area contributed by atoms with Crippen LogP contribution in [0, 0.1) is 0 Å². The molecule has 0 aliphatic carbocycles. The van der Waals surface area contributed by atoms with Crippen LogP contribution in [0.15, 0.2) is 24.3 Å². The van der Waals surface area contributed by atoms with Crippen LogP contribution in [0.4, 0.5) is 0 Å². The summed E-state index contributed by atoms with van der Waals surface area (Å²) in [6.07, 6.45) is 0.308. The van der Waals surface area contributed by atoms with Gasteiger partial charge in [0.15, 0.2) is 0 Å². The molecule has 2 rings (SSSR count). The summed E-state index contributed by atoms with van der Waals surface area (Å²) in [7, 11) is 1.63. The molecule has 0 aromatic heterocycles. The molecule has 1 aliphatic heterocycles. The van der Waals surface area contributed by atoms with Crippen LogP contribution in [0.2, 0.25) is 0 Å². The van der Waals surface area contributed by atoms with Crippen molar-refractivity contribution in [2.24, 2.45) is 0 Å². The van der Waals surface area contributed by atoms with E-state index in [1.165, 1.54) is 0 Å². The molecule has 5 nitrogen and oxygen atoms in total. The highest BCUT2D eigenvalue weighted by Crippen LogP contribution is 2.45. The summed E-state index contributed by atoms with van der Waals surface area (Å²) >= 11 is 1.59. The molecule has 0 spiro atoms. The molecule has 1 heterocycles. The predicted octanol–water partition coefficient (Wildman–Crippen LogP) is 2.57. The number of nitrogens with one attached hydrogen (secondary N) is 1. The van der Waals surface area contributed by atoms with Crippen molar-refractivity contribution in [3.63, 3.8) is 0 Å². The molecule has 2 atom stereocenters. The lowest BCUT2D eigenvalue weighted by atomic mass is 10.1. The second-order valence-electron chi connectivity index (χ2n) is 5.88. The van der Waals surface area contributed by atoms with Gasteiger partial charge in [-0.1, -0.05) is 18.2 Å². The summed E-state index contributed by atoms with van der Waals surface area (Å²) < 4.78 is 5.42. The third kappa shape index (κ3) is 4.19. The number of ether oxygens (including phenoxy) is 1. The summed E-state index contributed by atoms with van der Waals surface area (Å²) in [4.78, 5) is 26.1. The Bertz CT molecular complexity index is 577. The van der Waals surface area contributed by atoms with Gasteiger partial charge in [-0.25, -0.2) is 0 Å². The van der Waals surface area contributed by atoms with E-state index in [-0.39, 0.29) is 28.5 Å². The molecule has 6 heteroatoms. The minimum Gasteiger partial charge on any atom is -0.496 e. The topological polar surface area (TPSA) is 58.6 Å². The molecule has 0 saturated carbocycles. The number of amides is 2. The van der Waals surface area contributed by atoms with E-state index in [1.54, 1.807) is 23.8 Å². The third-order valence-corrected chi connectivity index (χ3v) is 5.06. The average Bonchev–Trinajstić information content (AvgIpc) is 2.79. The van der Waals surface area contributed by atoms with Gasteiger partial charge in [-0.15, -0.1) is 11.8 Å². The second kappa shape index (κ2) is 7.73. The van der Waals surface area contributed by atoms with E-state index in [0.717, 1.165) is 11.3 Å². The van der Waals surface area contributed by atoms with E-state index in [2.05, 4.69) is 5.32 Å². The smallest absolute Gasteiger partial charge is 0.236 e. The number of nitrogens with zero attached hydrogens (tertiary/aromatic N) is 1. The van der Waals surface area contributed by atoms with E-state index in [9.17, 15) is 9.59 Å². The molecule has 0 bridgehead atoms. The molecular weight excluding hydrogens is 312 g/mol. The predicted molar refractivity (Wildman–Crippen MR) is 92.4 cm³/mol. The number of hydrogen-bond donors (Lipinski definition) is 1. The maximum atomic E-state index is 12.5. The number of hydrogen-bond acceptors (Lipinski definition) is 4. The monoisotopic (exact) mass is 336 g/mol. The van der Waals surface area contributed by atoms with Crippen LogP contribution < -0.4 is 10.1 Å². The first-order valence-corrected chi connectivity index (χ1v) is 8.76. The van der Waals surface area contributed by atoms with Gasteiger partial charge in [0.25, 0.3) is 0 Å². The van der Waals surface area contributed by atoms with Gasteiger partial charge < -0.3 is 15.0 Å². The number of carbonyl (C=O) groups excluding carboxylic acids is 2. The largest absolute Gasteiger partial charge is 0.496 e. The van der Waals surface area contributed by atoms with Crippen molar-refractivity contribution in [3.8, 4) is 5.75 Å². The highest BCUT2D eigenvalue weighted by Gasteiger charge is 2.39. The first-order valence-electron chi connectivity index (χ1n) is 7.82. The fourth-order valence-corrected chi connectivity index (χ4v) is 3.97. The van der Waals surface area contributed by atoms with E-state index in [1.807, 2.05) is 45.0 Å². The Balaban J connectivity index is 2.14. The minimum absolute atomic E-state index is 0.0314. The Hall–Kier alpha value is -1.69. The van der Waals surface area contributed by atoms with E-state index >= 15 is 0 Å². The van der Waals surface area contributed by atoms with Gasteiger partial charge in [0.05, 0.1) is 12.4 Å². The fraction of sp³-hybridized carbons (Fsp3) is 0.529. The molecule has 1 aliphatic rings. The van der Waals surface area contributed by atoms with Crippen LogP contribution >= 0.6 is 11.8 Å². The fourth-order valence-electron chi connectivity index (χ4n) is 2.63. The van der Waals surface area contributed by atoms with Crippen molar-refractivity contribution in [1.29, 1.82) is 0 Å². The minimum atomic E-state index is -0.113. The molecule has 1 N–H and O–H groups in total. The van der Waals surface area contributed by atoms with Crippen molar-refractivity contribution in [3.05, 3.63) is 29.8 Å². The zero-order valence-corrected chi connectivity index (χ0v) is 14.9. The average molecular weight is 336 g/mol. The van der Waals surface area contributed by atoms with Gasteiger partial charge in [-0.3, -0.25) is 9.59 Å². The van der Waals surface area contributed by atoms with Crippen LogP contribution in [-0.4, -0.2) is 41.7 Å². The van der Waals surface area contributed by atoms with Crippen molar-refractivity contribution in [2.75, 3.05) is 13.7 Å². The quantitative estimate of drug-likeness (QED) is 0.867. The van der Waals surface area contributed by atoms with Gasteiger partial charge in [-0.2, -0.15) is 0 Å². The summed E-state index contributed by atoms with van der Waals surface area (Å²) in [5.41, 5.74) is 0.974. The molecule has 0 unspecified atom stereocenters. The van der Waals surface area contributed by atoms with Crippen LogP contribution in [0.25, 0.3) is 0 Å². The Kier molecular flexibility index (Phi) is 5.93. The highest BCUT2D eigenvalue weighted by molar-refractivity contribution is 8.01. The van der Waals surface area contributed by atoms with Crippen molar-refractivity contribution in [1.82, 2.24) is 10.2 Å². The first-order chi connectivity index (χ1) is 10.9. The molecule has 0 radical (unpaired) electrons. The summed E-state index contributed by atoms with van der Waals surface area (Å²) in [5.74, 6) is 0.808. The normalized spacial score (nSPS) is 20.9. The maximum absolute atomic E-state index is 12.5. The van der Waals surface area contributed by atoms with E-state index < -0.39 is 0 Å². The zero-order valence-electron chi connectivity index (χ0n) is 14.0. The molecule has 1 aromatic carbocycles. The molecule has 1 aromatic rings. The number of methoxy groups -OCH3 is 1. The summed E-state index contributed by atoms with van der Waals surface area (Å²) in [5, 5.41) is 2.64. The Morgan fingerprint density at radius 2 is 2.09 bits per heavy atom. The van der Waals surface area contributed by atoms with Crippen molar-refractivity contribution < 1.29 is 14.3 Å². The number of thioether (sulfide) groups is 1. The highest BCUT2D eigenvalue weighted by atomic mass is 32.2. The van der Waals surface area contributed by atoms with Gasteiger partial charge in [-0.05, 0) is 26.8 Å². The standard InChI is InChI=1S/C17H24N2O3S/c1-11(2)18-15(20)9-10-19-16(21)12(3)23-17(19)13-7-5-6-8-14(13)22-4/h5-8,11-12,17H,9-10H2,1-4H3,(H,18,20)/t12-,17+/m0/s1. The van der Waals surface area contributed by atoms with Crippen molar-refractivity contribution >= 4 is 23.6 Å². The Morgan fingerprint density at radius 1 is 1.39 bits per heavy atom. The number of benzene rings is 1. The van der Waals surface area contributed by atoms with Crippen LogP contribution in [-0.2, 0) is 9.59 Å². The van der Waals surface area contributed by atoms with Crippen molar-refractivity contribution in [2.45, 2.75) is 43.9 Å². The van der Waals surface area contributed by atoms with Gasteiger partial charge >= 0.3 is 0 Å². The zero-order chi connectivity index (χ0) is 17.0.